The fourth-order valence-electron chi connectivity index (χ4n) is 5.53. The molecule has 2 heterocycles. The van der Waals surface area contributed by atoms with Crippen molar-refractivity contribution in [1.82, 2.24) is 24.5 Å². The highest BCUT2D eigenvalue weighted by molar-refractivity contribution is 6.31. The molecule has 168 valence electrons. The minimum atomic E-state index is -0.778. The number of carbonyl (C=O) groups excluding carboxylic acids is 1. The Kier molecular flexibility index (Phi) is 5.25. The number of carbonyl (C=O) groups is 1. The Morgan fingerprint density at radius 1 is 1.34 bits per heavy atom. The van der Waals surface area contributed by atoms with Gasteiger partial charge in [0.25, 0.3) is 5.91 Å². The molecule has 1 amide bonds. The van der Waals surface area contributed by atoms with Crippen LogP contribution in [0.25, 0.3) is 0 Å². The zero-order chi connectivity index (χ0) is 22.5. The number of rotatable bonds is 5. The van der Waals surface area contributed by atoms with Gasteiger partial charge in [0.1, 0.15) is 11.5 Å². The van der Waals surface area contributed by atoms with E-state index in [4.69, 9.17) is 11.6 Å². The number of halogens is 2. The Morgan fingerprint density at radius 2 is 2.09 bits per heavy atom. The van der Waals surface area contributed by atoms with Gasteiger partial charge in [-0.05, 0) is 55.7 Å². The summed E-state index contributed by atoms with van der Waals surface area (Å²) in [6, 6.07) is 4.09. The largest absolute Gasteiger partial charge is 0.388 e. The minimum Gasteiger partial charge on any atom is -0.388 e. The number of imidazole rings is 1. The van der Waals surface area contributed by atoms with Crippen molar-refractivity contribution in [2.75, 3.05) is 5.32 Å². The smallest absolute Gasteiger partial charge is 0.274 e. The second kappa shape index (κ2) is 7.97. The number of aliphatic hydroxyl groups is 1. The number of hydrogen-bond donors (Lipinski definition) is 2. The number of benzene rings is 1. The summed E-state index contributed by atoms with van der Waals surface area (Å²) < 4.78 is 16.8. The molecule has 2 aliphatic carbocycles. The molecule has 3 aromatic rings. The summed E-state index contributed by atoms with van der Waals surface area (Å²) in [5, 5.41) is 21.6. The zero-order valence-electron chi connectivity index (χ0n) is 17.6. The average Bonchev–Trinajstić information content (AvgIpc) is 3.49. The van der Waals surface area contributed by atoms with Crippen molar-refractivity contribution in [2.24, 2.45) is 18.9 Å². The highest BCUT2D eigenvalue weighted by atomic mass is 35.5. The molecule has 1 aromatic carbocycles. The Labute approximate surface area is 189 Å². The summed E-state index contributed by atoms with van der Waals surface area (Å²) >= 11 is 5.84. The van der Waals surface area contributed by atoms with Crippen LogP contribution in [0.4, 0.5) is 10.1 Å². The third-order valence-corrected chi connectivity index (χ3v) is 7.09. The third kappa shape index (κ3) is 3.91. The number of hydrogen-bond acceptors (Lipinski definition) is 5. The quantitative estimate of drug-likeness (QED) is 0.610. The Hall–Kier alpha value is -2.78. The molecule has 2 atom stereocenters. The summed E-state index contributed by atoms with van der Waals surface area (Å²) in [4.78, 5) is 17.6. The predicted molar refractivity (Wildman–Crippen MR) is 116 cm³/mol. The van der Waals surface area contributed by atoms with E-state index in [2.05, 4.69) is 20.6 Å². The normalized spacial score (nSPS) is 26.9. The molecule has 0 saturated heterocycles. The summed E-state index contributed by atoms with van der Waals surface area (Å²) in [7, 11) is 1.79. The molecule has 8 nitrogen and oxygen atoms in total. The van der Waals surface area contributed by atoms with Gasteiger partial charge in [-0.3, -0.25) is 4.79 Å². The number of amides is 1. The number of aryl methyl sites for hydroxylation is 1. The molecule has 32 heavy (non-hydrogen) atoms. The van der Waals surface area contributed by atoms with Crippen molar-refractivity contribution in [3.8, 4) is 0 Å². The second-order valence-corrected chi connectivity index (χ2v) is 9.50. The topological polar surface area (TPSA) is 97.9 Å². The van der Waals surface area contributed by atoms with Crippen molar-refractivity contribution < 1.29 is 14.3 Å². The van der Waals surface area contributed by atoms with Gasteiger partial charge in [0.2, 0.25) is 0 Å². The van der Waals surface area contributed by atoms with Gasteiger partial charge in [0, 0.05) is 24.8 Å². The molecule has 0 spiro atoms. The van der Waals surface area contributed by atoms with E-state index < -0.39 is 11.4 Å². The van der Waals surface area contributed by atoms with E-state index in [1.807, 2.05) is 0 Å². The molecule has 0 bridgehead atoms. The first kappa shape index (κ1) is 21.1. The molecular weight excluding hydrogens is 435 g/mol. The molecule has 2 aromatic heterocycles. The molecule has 2 aliphatic rings. The van der Waals surface area contributed by atoms with Crippen molar-refractivity contribution in [1.29, 1.82) is 0 Å². The fourth-order valence-corrected chi connectivity index (χ4v) is 5.71. The number of nitrogens with zero attached hydrogens (tertiary/aromatic N) is 5. The van der Waals surface area contributed by atoms with Gasteiger partial charge in [0.15, 0.2) is 0 Å². The summed E-state index contributed by atoms with van der Waals surface area (Å²) in [5.41, 5.74) is 0.913. The van der Waals surface area contributed by atoms with Crippen LogP contribution in [0.5, 0.6) is 0 Å². The van der Waals surface area contributed by atoms with Crippen LogP contribution in [-0.2, 0) is 13.6 Å². The van der Waals surface area contributed by atoms with Crippen LogP contribution >= 0.6 is 11.6 Å². The second-order valence-electron chi connectivity index (χ2n) is 9.09. The van der Waals surface area contributed by atoms with Gasteiger partial charge >= 0.3 is 0 Å². The van der Waals surface area contributed by atoms with Gasteiger partial charge in [-0.15, -0.1) is 5.10 Å². The third-order valence-electron chi connectivity index (χ3n) is 6.80. The first-order chi connectivity index (χ1) is 15.3. The lowest BCUT2D eigenvalue weighted by Crippen LogP contribution is -2.32. The van der Waals surface area contributed by atoms with E-state index in [-0.39, 0.29) is 16.8 Å². The Balaban J connectivity index is 1.29. The predicted octanol–water partition coefficient (Wildman–Crippen LogP) is 3.39. The summed E-state index contributed by atoms with van der Waals surface area (Å²) in [6.07, 6.45) is 8.20. The molecule has 2 fully saturated rings. The molecule has 2 unspecified atom stereocenters. The average molecular weight is 459 g/mol. The Bertz CT molecular complexity index is 1130. The van der Waals surface area contributed by atoms with E-state index in [1.54, 1.807) is 35.0 Å². The van der Waals surface area contributed by atoms with Crippen LogP contribution in [0.15, 0.2) is 36.9 Å². The minimum absolute atomic E-state index is 0.0463. The van der Waals surface area contributed by atoms with Gasteiger partial charge in [-0.1, -0.05) is 16.8 Å². The van der Waals surface area contributed by atoms with E-state index in [0.717, 1.165) is 18.5 Å². The highest BCUT2D eigenvalue weighted by Gasteiger charge is 2.50. The van der Waals surface area contributed by atoms with Crippen LogP contribution in [0.1, 0.15) is 47.8 Å². The van der Waals surface area contributed by atoms with Gasteiger partial charge in [-0.2, -0.15) is 0 Å². The first-order valence-corrected chi connectivity index (χ1v) is 11.0. The maximum absolute atomic E-state index is 13.4. The first-order valence-electron chi connectivity index (χ1n) is 10.7. The van der Waals surface area contributed by atoms with E-state index in [0.29, 0.717) is 42.6 Å². The molecule has 10 heteroatoms. The molecule has 2 saturated carbocycles. The van der Waals surface area contributed by atoms with Gasteiger partial charge in [-0.25, -0.2) is 14.1 Å². The number of anilines is 1. The highest BCUT2D eigenvalue weighted by Crippen LogP contribution is 2.54. The van der Waals surface area contributed by atoms with Crippen molar-refractivity contribution in [3.05, 3.63) is 59.1 Å². The molecular formula is C22H24ClFN6O2. The van der Waals surface area contributed by atoms with Crippen LogP contribution in [0.2, 0.25) is 5.02 Å². The van der Waals surface area contributed by atoms with E-state index in [1.165, 1.54) is 18.2 Å². The van der Waals surface area contributed by atoms with Crippen molar-refractivity contribution in [3.63, 3.8) is 0 Å². The standard InChI is InChI=1S/C22H24ClFN6O2/c1-29-12-25-19(20(29)21(31)27-16-2-3-18(24)17(23)8-16)13-6-14-9-22(32,10-15(14)7-13)11-30-5-4-26-28-30/h2-5,8,12-15,32H,6-7,9-11H2,1H3,(H,27,31). The lowest BCUT2D eigenvalue weighted by Gasteiger charge is -2.24. The number of nitrogens with one attached hydrogen (secondary N) is 1. The van der Waals surface area contributed by atoms with E-state index in [9.17, 15) is 14.3 Å². The molecule has 0 radical (unpaired) electrons. The van der Waals surface area contributed by atoms with Crippen LogP contribution < -0.4 is 5.32 Å². The number of aromatic nitrogens is 5. The van der Waals surface area contributed by atoms with Gasteiger partial charge in [0.05, 0.1) is 35.4 Å². The lowest BCUT2D eigenvalue weighted by atomic mass is 9.92. The Morgan fingerprint density at radius 3 is 2.75 bits per heavy atom. The molecule has 0 aliphatic heterocycles. The summed E-state index contributed by atoms with van der Waals surface area (Å²) in [5.74, 6) is 0.0685. The fraction of sp³-hybridized carbons (Fsp3) is 0.455. The van der Waals surface area contributed by atoms with Crippen LogP contribution in [0.3, 0.4) is 0 Å². The van der Waals surface area contributed by atoms with Crippen LogP contribution in [0, 0.1) is 17.7 Å². The maximum atomic E-state index is 13.4. The van der Waals surface area contributed by atoms with Crippen LogP contribution in [-0.4, -0.2) is 41.2 Å². The summed E-state index contributed by atoms with van der Waals surface area (Å²) in [6.45, 7) is 0.447. The monoisotopic (exact) mass is 458 g/mol. The zero-order valence-corrected chi connectivity index (χ0v) is 18.3. The molecule has 5 rings (SSSR count). The van der Waals surface area contributed by atoms with Crippen molar-refractivity contribution >= 4 is 23.2 Å². The van der Waals surface area contributed by atoms with E-state index >= 15 is 0 Å². The molecule has 2 N–H and O–H groups in total. The SMILES string of the molecule is Cn1cnc(C2CC3CC(O)(Cn4ccnn4)CC3C2)c1C(=O)Nc1ccc(F)c(Cl)c1. The van der Waals surface area contributed by atoms with Crippen molar-refractivity contribution in [2.45, 2.75) is 43.7 Å². The lowest BCUT2D eigenvalue weighted by molar-refractivity contribution is 0.0171. The number of fused-ring (bicyclic) bond motifs is 1. The van der Waals surface area contributed by atoms with Gasteiger partial charge < -0.3 is 15.0 Å². The maximum Gasteiger partial charge on any atom is 0.274 e.